The van der Waals surface area contributed by atoms with Crippen molar-refractivity contribution in [3.8, 4) is 0 Å². The predicted molar refractivity (Wildman–Crippen MR) is 102 cm³/mol. The van der Waals surface area contributed by atoms with E-state index in [0.717, 1.165) is 27.9 Å². The van der Waals surface area contributed by atoms with Gasteiger partial charge in [0.1, 0.15) is 0 Å². The van der Waals surface area contributed by atoms with Crippen LogP contribution < -0.4 is 5.32 Å². The molecule has 0 spiro atoms. The minimum Gasteiger partial charge on any atom is -0.348 e. The first-order chi connectivity index (χ1) is 13.1. The van der Waals surface area contributed by atoms with E-state index in [2.05, 4.69) is 26.4 Å². The fraction of sp³-hybridized carbons (Fsp3) is 0.200. The van der Waals surface area contributed by atoms with Crippen molar-refractivity contribution in [2.75, 3.05) is 0 Å². The number of amides is 1. The SMILES string of the molecule is Cc1nn(C)c2ncc(C(=O)NCc3ccccc3Cn3ccnc3)cc12. The predicted octanol–water partition coefficient (Wildman–Crippen LogP) is 2.45. The first kappa shape index (κ1) is 17.0. The van der Waals surface area contributed by atoms with E-state index in [0.29, 0.717) is 18.7 Å². The third kappa shape index (κ3) is 3.44. The van der Waals surface area contributed by atoms with E-state index in [1.807, 2.05) is 49.0 Å². The lowest BCUT2D eigenvalue weighted by molar-refractivity contribution is 0.0950. The third-order valence-electron chi connectivity index (χ3n) is 4.60. The summed E-state index contributed by atoms with van der Waals surface area (Å²) < 4.78 is 3.72. The summed E-state index contributed by atoms with van der Waals surface area (Å²) in [6.07, 6.45) is 7.06. The molecule has 3 aromatic heterocycles. The van der Waals surface area contributed by atoms with Crippen LogP contribution in [0, 0.1) is 6.92 Å². The lowest BCUT2D eigenvalue weighted by atomic mass is 10.1. The summed E-state index contributed by atoms with van der Waals surface area (Å²) >= 11 is 0. The van der Waals surface area contributed by atoms with E-state index in [-0.39, 0.29) is 5.91 Å². The van der Waals surface area contributed by atoms with Crippen molar-refractivity contribution >= 4 is 16.9 Å². The summed E-state index contributed by atoms with van der Waals surface area (Å²) in [4.78, 5) is 21.1. The first-order valence-corrected chi connectivity index (χ1v) is 8.72. The molecule has 0 aliphatic heterocycles. The molecule has 136 valence electrons. The number of aromatic nitrogens is 5. The van der Waals surface area contributed by atoms with Crippen LogP contribution in [-0.4, -0.2) is 30.2 Å². The Bertz CT molecular complexity index is 1100. The molecule has 0 radical (unpaired) electrons. The number of fused-ring (bicyclic) bond motifs is 1. The number of nitrogens with zero attached hydrogens (tertiary/aromatic N) is 5. The maximum absolute atomic E-state index is 12.6. The number of rotatable bonds is 5. The van der Waals surface area contributed by atoms with Gasteiger partial charge in [0.25, 0.3) is 5.91 Å². The van der Waals surface area contributed by atoms with Gasteiger partial charge in [0, 0.05) is 44.1 Å². The van der Waals surface area contributed by atoms with Gasteiger partial charge in [0.15, 0.2) is 5.65 Å². The van der Waals surface area contributed by atoms with E-state index >= 15 is 0 Å². The van der Waals surface area contributed by atoms with Gasteiger partial charge in [-0.2, -0.15) is 5.10 Å². The zero-order valence-corrected chi connectivity index (χ0v) is 15.3. The minimum atomic E-state index is -0.148. The highest BCUT2D eigenvalue weighted by Gasteiger charge is 2.12. The van der Waals surface area contributed by atoms with Crippen molar-refractivity contribution < 1.29 is 4.79 Å². The van der Waals surface area contributed by atoms with Gasteiger partial charge in [-0.15, -0.1) is 0 Å². The molecule has 0 unspecified atom stereocenters. The molecule has 4 rings (SSSR count). The molecule has 0 aliphatic carbocycles. The molecule has 3 heterocycles. The Kier molecular flexibility index (Phi) is 4.42. The van der Waals surface area contributed by atoms with E-state index < -0.39 is 0 Å². The van der Waals surface area contributed by atoms with Crippen molar-refractivity contribution in [1.82, 2.24) is 29.6 Å². The monoisotopic (exact) mass is 360 g/mol. The first-order valence-electron chi connectivity index (χ1n) is 8.72. The van der Waals surface area contributed by atoms with Crippen LogP contribution in [0.15, 0.2) is 55.2 Å². The molecule has 0 bridgehead atoms. The van der Waals surface area contributed by atoms with Gasteiger partial charge in [0.2, 0.25) is 0 Å². The molecule has 1 N–H and O–H groups in total. The Morgan fingerprint density at radius 2 is 2.04 bits per heavy atom. The molecule has 1 aromatic carbocycles. The second kappa shape index (κ2) is 7.03. The quantitative estimate of drug-likeness (QED) is 0.593. The Morgan fingerprint density at radius 3 is 2.81 bits per heavy atom. The maximum Gasteiger partial charge on any atom is 0.253 e. The summed E-state index contributed by atoms with van der Waals surface area (Å²) in [7, 11) is 1.85. The maximum atomic E-state index is 12.6. The third-order valence-corrected chi connectivity index (χ3v) is 4.60. The van der Waals surface area contributed by atoms with Crippen LogP contribution in [0.2, 0.25) is 0 Å². The average molecular weight is 360 g/mol. The molecule has 1 amide bonds. The van der Waals surface area contributed by atoms with Crippen molar-refractivity contribution in [3.05, 3.63) is 77.6 Å². The number of pyridine rings is 1. The molecule has 7 nitrogen and oxygen atoms in total. The van der Waals surface area contributed by atoms with Gasteiger partial charge in [0.05, 0.1) is 17.6 Å². The molecular formula is C20H20N6O. The van der Waals surface area contributed by atoms with Gasteiger partial charge in [-0.25, -0.2) is 9.97 Å². The number of imidazole rings is 1. The van der Waals surface area contributed by atoms with Crippen molar-refractivity contribution in [1.29, 1.82) is 0 Å². The Morgan fingerprint density at radius 1 is 1.22 bits per heavy atom. The highest BCUT2D eigenvalue weighted by atomic mass is 16.1. The van der Waals surface area contributed by atoms with Crippen LogP contribution in [0.3, 0.4) is 0 Å². The second-order valence-corrected chi connectivity index (χ2v) is 6.49. The second-order valence-electron chi connectivity index (χ2n) is 6.49. The van der Waals surface area contributed by atoms with E-state index in [9.17, 15) is 4.79 Å². The summed E-state index contributed by atoms with van der Waals surface area (Å²) in [6.45, 7) is 3.08. The van der Waals surface area contributed by atoms with Crippen molar-refractivity contribution in [2.24, 2.45) is 7.05 Å². The Labute approximate surface area is 156 Å². The zero-order chi connectivity index (χ0) is 18.8. The van der Waals surface area contributed by atoms with Gasteiger partial charge in [-0.3, -0.25) is 9.48 Å². The van der Waals surface area contributed by atoms with E-state index in [4.69, 9.17) is 0 Å². The zero-order valence-electron chi connectivity index (χ0n) is 15.3. The van der Waals surface area contributed by atoms with Crippen molar-refractivity contribution in [2.45, 2.75) is 20.0 Å². The number of nitrogens with one attached hydrogen (secondary N) is 1. The number of aryl methyl sites for hydroxylation is 2. The average Bonchev–Trinajstić information content (AvgIpc) is 3.29. The molecular weight excluding hydrogens is 340 g/mol. The molecule has 0 fully saturated rings. The van der Waals surface area contributed by atoms with Crippen LogP contribution in [-0.2, 0) is 20.1 Å². The van der Waals surface area contributed by atoms with Gasteiger partial charge < -0.3 is 9.88 Å². The minimum absolute atomic E-state index is 0.148. The lowest BCUT2D eigenvalue weighted by Gasteiger charge is -2.11. The molecule has 27 heavy (non-hydrogen) atoms. The molecule has 0 saturated heterocycles. The molecule has 0 aliphatic rings. The fourth-order valence-electron chi connectivity index (χ4n) is 3.17. The Hall–Kier alpha value is -3.48. The summed E-state index contributed by atoms with van der Waals surface area (Å²) in [5.74, 6) is -0.148. The molecule has 0 atom stereocenters. The molecule has 4 aromatic rings. The van der Waals surface area contributed by atoms with Crippen LogP contribution in [0.25, 0.3) is 11.0 Å². The fourth-order valence-corrected chi connectivity index (χ4v) is 3.17. The number of hydrogen-bond donors (Lipinski definition) is 1. The van der Waals surface area contributed by atoms with Crippen LogP contribution >= 0.6 is 0 Å². The number of benzene rings is 1. The number of carbonyl (C=O) groups excluding carboxylic acids is 1. The highest BCUT2D eigenvalue weighted by Crippen LogP contribution is 2.17. The van der Waals surface area contributed by atoms with E-state index in [1.165, 1.54) is 0 Å². The standard InChI is InChI=1S/C20H20N6O/c1-14-18-9-17(11-22-19(18)25(2)24-14)20(27)23-10-15-5-3-4-6-16(15)12-26-8-7-21-13-26/h3-9,11,13H,10,12H2,1-2H3,(H,23,27). The number of hydrogen-bond acceptors (Lipinski definition) is 4. The van der Waals surface area contributed by atoms with Crippen LogP contribution in [0.1, 0.15) is 27.2 Å². The van der Waals surface area contributed by atoms with Gasteiger partial charge in [-0.1, -0.05) is 24.3 Å². The van der Waals surface area contributed by atoms with Crippen molar-refractivity contribution in [3.63, 3.8) is 0 Å². The van der Waals surface area contributed by atoms with Gasteiger partial charge >= 0.3 is 0 Å². The van der Waals surface area contributed by atoms with Crippen LogP contribution in [0.5, 0.6) is 0 Å². The number of carbonyl (C=O) groups is 1. The largest absolute Gasteiger partial charge is 0.348 e. The topological polar surface area (TPSA) is 77.6 Å². The summed E-state index contributed by atoms with van der Waals surface area (Å²) in [5, 5.41) is 8.24. The Balaban J connectivity index is 1.50. The summed E-state index contributed by atoms with van der Waals surface area (Å²) in [6, 6.07) is 9.91. The normalized spacial score (nSPS) is 11.0. The molecule has 7 heteroatoms. The molecule has 0 saturated carbocycles. The lowest BCUT2D eigenvalue weighted by Crippen LogP contribution is -2.23. The van der Waals surface area contributed by atoms with E-state index in [1.54, 1.807) is 23.4 Å². The van der Waals surface area contributed by atoms with Gasteiger partial charge in [-0.05, 0) is 24.1 Å². The van der Waals surface area contributed by atoms with Crippen LogP contribution in [0.4, 0.5) is 0 Å². The highest BCUT2D eigenvalue weighted by molar-refractivity contribution is 5.97. The summed E-state index contributed by atoms with van der Waals surface area (Å²) in [5.41, 5.74) is 4.39. The smallest absolute Gasteiger partial charge is 0.253 e.